The zero-order chi connectivity index (χ0) is 18.4. The summed E-state index contributed by atoms with van der Waals surface area (Å²) in [6.45, 7) is -1.99. The fourth-order valence-corrected chi connectivity index (χ4v) is 2.97. The number of hydrogen-bond acceptors (Lipinski definition) is 10. The van der Waals surface area contributed by atoms with Crippen LogP contribution in [-0.4, -0.2) is 117 Å². The zero-order valence-electron chi connectivity index (χ0n) is 13.4. The van der Waals surface area contributed by atoms with E-state index in [0.29, 0.717) is 0 Å². The molecule has 0 spiro atoms. The van der Waals surface area contributed by atoms with Crippen molar-refractivity contribution in [1.29, 1.82) is 0 Å². The summed E-state index contributed by atoms with van der Waals surface area (Å²) in [7, 11) is 1.28. The molecule has 1 heterocycles. The quantitative estimate of drug-likeness (QED) is 0.201. The van der Waals surface area contributed by atoms with Gasteiger partial charge in [0.1, 0.15) is 30.5 Å². The van der Waals surface area contributed by atoms with E-state index in [9.17, 15) is 30.6 Å². The first-order chi connectivity index (χ1) is 11.3. The molecule has 0 unspecified atom stereocenters. The van der Waals surface area contributed by atoms with Crippen molar-refractivity contribution in [3.8, 4) is 0 Å². The minimum absolute atomic E-state index is 0.245. The highest BCUT2D eigenvalue weighted by atomic mass is 16.6. The van der Waals surface area contributed by atoms with E-state index in [0.717, 1.165) is 0 Å². The third-order valence-corrected chi connectivity index (χ3v) is 4.44. The third-order valence-electron chi connectivity index (χ3n) is 4.44. The van der Waals surface area contributed by atoms with E-state index in [1.165, 1.54) is 7.11 Å². The van der Waals surface area contributed by atoms with Crippen LogP contribution in [0, 0.1) is 5.92 Å². The van der Waals surface area contributed by atoms with Gasteiger partial charge in [-0.05, 0) is 6.42 Å². The second-order valence-corrected chi connectivity index (χ2v) is 5.97. The van der Waals surface area contributed by atoms with Crippen LogP contribution in [0.2, 0.25) is 0 Å². The number of ether oxygens (including phenoxy) is 2. The molecule has 1 fully saturated rings. The van der Waals surface area contributed by atoms with Gasteiger partial charge in [-0.25, -0.2) is 0 Å². The molecule has 1 aliphatic heterocycles. The molecule has 9 atom stereocenters. The summed E-state index contributed by atoms with van der Waals surface area (Å²) >= 11 is 0. The average Bonchev–Trinajstić information content (AvgIpc) is 2.60. The van der Waals surface area contributed by atoms with Crippen LogP contribution in [0.1, 0.15) is 6.42 Å². The maximum atomic E-state index is 10.2. The molecule has 1 saturated heterocycles. The molecule has 1 aliphatic rings. The molecule has 0 saturated carbocycles. The number of rotatable bonds is 9. The van der Waals surface area contributed by atoms with Crippen molar-refractivity contribution in [2.75, 3.05) is 26.9 Å². The summed E-state index contributed by atoms with van der Waals surface area (Å²) in [5.74, 6) is -1.15. The van der Waals surface area contributed by atoms with Gasteiger partial charge in [0.15, 0.2) is 0 Å². The van der Waals surface area contributed by atoms with Crippen molar-refractivity contribution >= 4 is 0 Å². The third kappa shape index (κ3) is 4.82. The van der Waals surface area contributed by atoms with Gasteiger partial charge in [0.25, 0.3) is 0 Å². The van der Waals surface area contributed by atoms with Gasteiger partial charge in [0.2, 0.25) is 0 Å². The average molecular weight is 356 g/mol. The minimum Gasteiger partial charge on any atom is -0.394 e. The highest BCUT2D eigenvalue weighted by molar-refractivity contribution is 4.95. The zero-order valence-corrected chi connectivity index (χ0v) is 13.4. The molecule has 0 radical (unpaired) electrons. The molecule has 10 nitrogen and oxygen atoms in total. The lowest BCUT2D eigenvalue weighted by molar-refractivity contribution is -0.243. The Morgan fingerprint density at radius 3 is 1.96 bits per heavy atom. The molecule has 0 aliphatic carbocycles. The summed E-state index contributed by atoms with van der Waals surface area (Å²) in [4.78, 5) is 0. The summed E-state index contributed by atoms with van der Waals surface area (Å²) in [6.07, 6.45) is -10.7. The van der Waals surface area contributed by atoms with Crippen LogP contribution < -0.4 is 0 Å². The molecule has 0 aromatic rings. The second kappa shape index (κ2) is 9.92. The summed E-state index contributed by atoms with van der Waals surface area (Å²) < 4.78 is 10.5. The largest absolute Gasteiger partial charge is 0.394 e. The van der Waals surface area contributed by atoms with Crippen molar-refractivity contribution in [2.45, 2.75) is 55.3 Å². The normalized spacial score (nSPS) is 36.1. The van der Waals surface area contributed by atoms with Gasteiger partial charge in [-0.1, -0.05) is 0 Å². The van der Waals surface area contributed by atoms with E-state index < -0.39 is 74.6 Å². The van der Waals surface area contributed by atoms with Gasteiger partial charge in [-0.15, -0.1) is 0 Å². The standard InChI is InChI=1S/C14H28O10/c1-23-14-10(5-17)24-9(12(21)13(14)22)2-6(7(18)3-15)11(20)8(19)4-16/h6-22H,2-5H2,1H3/t6-,7-,8+,9-,10-,11+,12+,13-,14-/m1/s1. The predicted molar refractivity (Wildman–Crippen MR) is 78.9 cm³/mol. The maximum absolute atomic E-state index is 10.2. The summed E-state index contributed by atoms with van der Waals surface area (Å²) in [5.41, 5.74) is 0. The van der Waals surface area contributed by atoms with Crippen LogP contribution in [-0.2, 0) is 9.47 Å². The topological polar surface area (TPSA) is 180 Å². The van der Waals surface area contributed by atoms with Crippen LogP contribution in [0.5, 0.6) is 0 Å². The van der Waals surface area contributed by atoms with E-state index in [4.69, 9.17) is 19.7 Å². The SMILES string of the molecule is CO[C@H]1[C@H](O)[C@@H](O)[C@@H](C[C@@H]([C@H](O)[C@@H](O)CO)[C@H](O)CO)O[C@@H]1CO. The van der Waals surface area contributed by atoms with Crippen molar-refractivity contribution in [3.63, 3.8) is 0 Å². The molecule has 0 aromatic heterocycles. The highest BCUT2D eigenvalue weighted by Gasteiger charge is 2.46. The molecular formula is C14H28O10. The fraction of sp³-hybridized carbons (Fsp3) is 1.00. The second-order valence-electron chi connectivity index (χ2n) is 5.97. The molecule has 24 heavy (non-hydrogen) atoms. The molecule has 0 amide bonds. The first-order valence-corrected chi connectivity index (χ1v) is 7.73. The van der Waals surface area contributed by atoms with Crippen LogP contribution in [0.15, 0.2) is 0 Å². The van der Waals surface area contributed by atoms with Crippen molar-refractivity contribution in [2.24, 2.45) is 5.92 Å². The summed E-state index contributed by atoms with van der Waals surface area (Å²) in [5, 5.41) is 77.1. The number of methoxy groups -OCH3 is 1. The van der Waals surface area contributed by atoms with E-state index in [-0.39, 0.29) is 6.42 Å². The number of hydrogen-bond donors (Lipinski definition) is 8. The van der Waals surface area contributed by atoms with Crippen LogP contribution in [0.4, 0.5) is 0 Å². The van der Waals surface area contributed by atoms with E-state index in [1.54, 1.807) is 0 Å². The van der Waals surface area contributed by atoms with Crippen LogP contribution in [0.25, 0.3) is 0 Å². The minimum atomic E-state index is -1.60. The van der Waals surface area contributed by atoms with Gasteiger partial charge in [0.05, 0.1) is 38.1 Å². The molecule has 0 aromatic carbocycles. The molecule has 144 valence electrons. The lowest BCUT2D eigenvalue weighted by Gasteiger charge is -2.43. The lowest BCUT2D eigenvalue weighted by Crippen LogP contribution is -2.60. The first-order valence-electron chi connectivity index (χ1n) is 7.73. The Balaban J connectivity index is 2.91. The number of aliphatic hydroxyl groups is 8. The predicted octanol–water partition coefficient (Wildman–Crippen LogP) is -4.44. The lowest BCUT2D eigenvalue weighted by atomic mass is 9.83. The van der Waals surface area contributed by atoms with Gasteiger partial charge >= 0.3 is 0 Å². The highest BCUT2D eigenvalue weighted by Crippen LogP contribution is 2.29. The maximum Gasteiger partial charge on any atom is 0.114 e. The Morgan fingerprint density at radius 2 is 1.50 bits per heavy atom. The molecule has 8 N–H and O–H groups in total. The van der Waals surface area contributed by atoms with Gasteiger partial charge in [0, 0.05) is 13.0 Å². The van der Waals surface area contributed by atoms with Crippen molar-refractivity contribution < 1.29 is 50.3 Å². The van der Waals surface area contributed by atoms with Gasteiger partial charge in [-0.3, -0.25) is 0 Å². The Morgan fingerprint density at radius 1 is 0.917 bits per heavy atom. The molecule has 0 bridgehead atoms. The van der Waals surface area contributed by atoms with Crippen LogP contribution >= 0.6 is 0 Å². The molecular weight excluding hydrogens is 328 g/mol. The van der Waals surface area contributed by atoms with Gasteiger partial charge < -0.3 is 50.3 Å². The molecule has 10 heteroatoms. The number of aliphatic hydroxyl groups excluding tert-OH is 8. The Labute approximate surface area is 139 Å². The van der Waals surface area contributed by atoms with E-state index in [1.807, 2.05) is 0 Å². The fourth-order valence-electron chi connectivity index (χ4n) is 2.97. The Bertz CT molecular complexity index is 354. The van der Waals surface area contributed by atoms with Crippen molar-refractivity contribution in [1.82, 2.24) is 0 Å². The first kappa shape index (κ1) is 21.6. The van der Waals surface area contributed by atoms with E-state index in [2.05, 4.69) is 0 Å². The summed E-state index contributed by atoms with van der Waals surface area (Å²) in [6, 6.07) is 0. The smallest absolute Gasteiger partial charge is 0.114 e. The van der Waals surface area contributed by atoms with Crippen LogP contribution in [0.3, 0.4) is 0 Å². The molecule has 1 rings (SSSR count). The monoisotopic (exact) mass is 356 g/mol. The van der Waals surface area contributed by atoms with Crippen molar-refractivity contribution in [3.05, 3.63) is 0 Å². The van der Waals surface area contributed by atoms with E-state index >= 15 is 0 Å². The van der Waals surface area contributed by atoms with Gasteiger partial charge in [-0.2, -0.15) is 0 Å². The Hall–Kier alpha value is -0.400. The Kier molecular flexibility index (Phi) is 8.95.